The summed E-state index contributed by atoms with van der Waals surface area (Å²) >= 11 is 0. The molecule has 0 spiro atoms. The molecule has 0 radical (unpaired) electrons. The van der Waals surface area contributed by atoms with Crippen molar-refractivity contribution in [3.63, 3.8) is 0 Å². The lowest BCUT2D eigenvalue weighted by atomic mass is 10.3. The maximum Gasteiger partial charge on any atom is 0.277 e. The number of hydrogen-bond acceptors (Lipinski definition) is 6. The van der Waals surface area contributed by atoms with Crippen LogP contribution in [0.2, 0.25) is 0 Å². The third kappa shape index (κ3) is 2.71. The number of nitrogens with zero attached hydrogens (tertiary/aromatic N) is 4. The van der Waals surface area contributed by atoms with E-state index >= 15 is 0 Å². The van der Waals surface area contributed by atoms with Crippen LogP contribution in [0.1, 0.15) is 10.5 Å². The summed E-state index contributed by atoms with van der Waals surface area (Å²) in [6.45, 7) is 0. The molecule has 0 bridgehead atoms. The van der Waals surface area contributed by atoms with Gasteiger partial charge in [0, 0.05) is 19.4 Å². The molecule has 2 N–H and O–H groups in total. The lowest BCUT2D eigenvalue weighted by molar-refractivity contribution is 0.102. The summed E-state index contributed by atoms with van der Waals surface area (Å²) in [6.07, 6.45) is 4.47. The van der Waals surface area contributed by atoms with Crippen molar-refractivity contribution >= 4 is 17.5 Å². The minimum absolute atomic E-state index is 0.217. The zero-order chi connectivity index (χ0) is 12.1. The van der Waals surface area contributed by atoms with Gasteiger partial charge in [0.15, 0.2) is 11.5 Å². The van der Waals surface area contributed by atoms with Crippen LogP contribution in [0.4, 0.5) is 11.6 Å². The van der Waals surface area contributed by atoms with Gasteiger partial charge < -0.3 is 10.6 Å². The Labute approximate surface area is 97.3 Å². The van der Waals surface area contributed by atoms with Gasteiger partial charge in [0.25, 0.3) is 5.91 Å². The van der Waals surface area contributed by atoms with E-state index in [1.807, 2.05) is 0 Å². The molecule has 0 atom stereocenters. The van der Waals surface area contributed by atoms with Crippen LogP contribution in [0.5, 0.6) is 0 Å². The quantitative estimate of drug-likeness (QED) is 0.800. The van der Waals surface area contributed by atoms with Gasteiger partial charge in [-0.2, -0.15) is 0 Å². The molecule has 0 fully saturated rings. The molecule has 2 rings (SSSR count). The highest BCUT2D eigenvalue weighted by Crippen LogP contribution is 2.04. The van der Waals surface area contributed by atoms with Gasteiger partial charge in [-0.05, 0) is 12.1 Å². The first-order chi connectivity index (χ1) is 8.29. The van der Waals surface area contributed by atoms with Gasteiger partial charge >= 0.3 is 0 Å². The molecule has 17 heavy (non-hydrogen) atoms. The number of amides is 1. The topological polar surface area (TPSA) is 92.7 Å². The van der Waals surface area contributed by atoms with Crippen molar-refractivity contribution in [2.75, 3.05) is 17.7 Å². The standard InChI is InChI=1S/C10H10N6O/c1-11-8-3-2-7(15-16-8)10(17)14-9-6-12-4-5-13-9/h2-6H,1H3,(H,11,16)(H,13,14,17). The minimum atomic E-state index is -0.374. The fourth-order valence-electron chi connectivity index (χ4n) is 1.13. The third-order valence-electron chi connectivity index (χ3n) is 1.96. The Morgan fingerprint density at radius 1 is 1.18 bits per heavy atom. The van der Waals surface area contributed by atoms with E-state index in [1.165, 1.54) is 18.6 Å². The molecule has 2 heterocycles. The molecule has 0 aromatic carbocycles. The normalized spacial score (nSPS) is 9.71. The second-order valence-electron chi connectivity index (χ2n) is 3.10. The number of carbonyl (C=O) groups excluding carboxylic acids is 1. The number of nitrogens with one attached hydrogen (secondary N) is 2. The van der Waals surface area contributed by atoms with Gasteiger partial charge in [0.1, 0.15) is 5.82 Å². The van der Waals surface area contributed by atoms with Crippen LogP contribution in [-0.2, 0) is 0 Å². The molecule has 0 saturated heterocycles. The van der Waals surface area contributed by atoms with Gasteiger partial charge in [-0.15, -0.1) is 10.2 Å². The second kappa shape index (κ2) is 4.97. The van der Waals surface area contributed by atoms with E-state index in [0.717, 1.165) is 0 Å². The molecule has 86 valence electrons. The van der Waals surface area contributed by atoms with Crippen LogP contribution in [0.3, 0.4) is 0 Å². The van der Waals surface area contributed by atoms with Gasteiger partial charge in [0.2, 0.25) is 0 Å². The average molecular weight is 230 g/mol. The first-order valence-corrected chi connectivity index (χ1v) is 4.88. The summed E-state index contributed by atoms with van der Waals surface area (Å²) in [4.78, 5) is 19.5. The van der Waals surface area contributed by atoms with Crippen molar-refractivity contribution in [1.29, 1.82) is 0 Å². The van der Waals surface area contributed by atoms with Crippen molar-refractivity contribution in [1.82, 2.24) is 20.2 Å². The van der Waals surface area contributed by atoms with Gasteiger partial charge in [-0.25, -0.2) is 4.98 Å². The van der Waals surface area contributed by atoms with Crippen LogP contribution in [0.25, 0.3) is 0 Å². The molecule has 0 saturated carbocycles. The Morgan fingerprint density at radius 2 is 2.06 bits per heavy atom. The molecule has 1 amide bonds. The zero-order valence-electron chi connectivity index (χ0n) is 9.08. The fourth-order valence-corrected chi connectivity index (χ4v) is 1.13. The first kappa shape index (κ1) is 10.9. The molecule has 2 aromatic heterocycles. The molecule has 7 heteroatoms. The lowest BCUT2D eigenvalue weighted by Gasteiger charge is -2.02. The maximum absolute atomic E-state index is 11.7. The summed E-state index contributed by atoms with van der Waals surface area (Å²) in [7, 11) is 1.73. The number of hydrogen-bond donors (Lipinski definition) is 2. The molecular weight excluding hydrogens is 220 g/mol. The Balaban J connectivity index is 2.09. The summed E-state index contributed by atoms with van der Waals surface area (Å²) in [5.74, 6) is 0.596. The van der Waals surface area contributed by atoms with Crippen LogP contribution in [-0.4, -0.2) is 33.1 Å². The Bertz CT molecular complexity index is 498. The number of rotatable bonds is 3. The van der Waals surface area contributed by atoms with E-state index in [2.05, 4.69) is 30.8 Å². The van der Waals surface area contributed by atoms with Crippen LogP contribution in [0.15, 0.2) is 30.7 Å². The van der Waals surface area contributed by atoms with E-state index in [4.69, 9.17) is 0 Å². The minimum Gasteiger partial charge on any atom is -0.372 e. The van der Waals surface area contributed by atoms with Crippen molar-refractivity contribution in [3.05, 3.63) is 36.4 Å². The summed E-state index contributed by atoms with van der Waals surface area (Å²) < 4.78 is 0. The largest absolute Gasteiger partial charge is 0.372 e. The van der Waals surface area contributed by atoms with E-state index in [9.17, 15) is 4.79 Å². The molecule has 0 aliphatic carbocycles. The molecule has 2 aromatic rings. The molecule has 0 aliphatic rings. The van der Waals surface area contributed by atoms with E-state index in [-0.39, 0.29) is 11.6 Å². The van der Waals surface area contributed by atoms with Gasteiger partial charge in [-0.3, -0.25) is 9.78 Å². The van der Waals surface area contributed by atoms with E-state index in [0.29, 0.717) is 11.6 Å². The van der Waals surface area contributed by atoms with E-state index in [1.54, 1.807) is 19.2 Å². The Hall–Kier alpha value is -2.57. The zero-order valence-corrected chi connectivity index (χ0v) is 9.08. The predicted molar refractivity (Wildman–Crippen MR) is 61.6 cm³/mol. The highest BCUT2D eigenvalue weighted by molar-refractivity contribution is 6.02. The highest BCUT2D eigenvalue weighted by Gasteiger charge is 2.08. The SMILES string of the molecule is CNc1ccc(C(=O)Nc2cnccn2)nn1. The average Bonchev–Trinajstić information content (AvgIpc) is 2.40. The van der Waals surface area contributed by atoms with Crippen molar-refractivity contribution in [2.45, 2.75) is 0 Å². The predicted octanol–water partition coefficient (Wildman–Crippen LogP) is 0.561. The van der Waals surface area contributed by atoms with Crippen molar-refractivity contribution in [2.24, 2.45) is 0 Å². The summed E-state index contributed by atoms with van der Waals surface area (Å²) in [6, 6.07) is 3.24. The molecule has 7 nitrogen and oxygen atoms in total. The number of anilines is 2. The van der Waals surface area contributed by atoms with Gasteiger partial charge in [0.05, 0.1) is 6.20 Å². The molecule has 0 aliphatic heterocycles. The highest BCUT2D eigenvalue weighted by atomic mass is 16.2. The van der Waals surface area contributed by atoms with Crippen LogP contribution >= 0.6 is 0 Å². The van der Waals surface area contributed by atoms with Crippen molar-refractivity contribution in [3.8, 4) is 0 Å². The smallest absolute Gasteiger partial charge is 0.277 e. The fraction of sp³-hybridized carbons (Fsp3) is 0.100. The van der Waals surface area contributed by atoms with Crippen LogP contribution in [0, 0.1) is 0 Å². The second-order valence-corrected chi connectivity index (χ2v) is 3.10. The maximum atomic E-state index is 11.7. The first-order valence-electron chi connectivity index (χ1n) is 4.88. The van der Waals surface area contributed by atoms with E-state index < -0.39 is 0 Å². The third-order valence-corrected chi connectivity index (χ3v) is 1.96. The summed E-state index contributed by atoms with van der Waals surface area (Å²) in [5.41, 5.74) is 0.217. The van der Waals surface area contributed by atoms with Gasteiger partial charge in [-0.1, -0.05) is 0 Å². The monoisotopic (exact) mass is 230 g/mol. The van der Waals surface area contributed by atoms with Crippen molar-refractivity contribution < 1.29 is 4.79 Å². The van der Waals surface area contributed by atoms with Crippen LogP contribution < -0.4 is 10.6 Å². The molecule has 0 unspecified atom stereocenters. The Morgan fingerprint density at radius 3 is 2.65 bits per heavy atom. The number of carbonyl (C=O) groups is 1. The Kier molecular flexibility index (Phi) is 3.20. The summed E-state index contributed by atoms with van der Waals surface area (Å²) in [5, 5.41) is 13.0. The molecular formula is C10H10N6O. The lowest BCUT2D eigenvalue weighted by Crippen LogP contribution is -2.15. The number of aromatic nitrogens is 4.